The van der Waals surface area contributed by atoms with Crippen LogP contribution in [0.1, 0.15) is 0 Å². The summed E-state index contributed by atoms with van der Waals surface area (Å²) in [7, 11) is -3.28. The summed E-state index contributed by atoms with van der Waals surface area (Å²) in [6.07, 6.45) is 3.37. The van der Waals surface area contributed by atoms with Crippen LogP contribution in [0.5, 0.6) is 5.88 Å². The average Bonchev–Trinajstić information content (AvgIpc) is 2.77. The molecule has 3 heterocycles. The van der Waals surface area contributed by atoms with Gasteiger partial charge < -0.3 is 10.5 Å². The fourth-order valence-electron chi connectivity index (χ4n) is 3.01. The second-order valence-electron chi connectivity index (χ2n) is 6.54. The lowest BCUT2D eigenvalue weighted by molar-refractivity contribution is 0.385. The van der Waals surface area contributed by atoms with Gasteiger partial charge in [-0.2, -0.15) is 0 Å². The van der Waals surface area contributed by atoms with Gasteiger partial charge in [0.2, 0.25) is 11.8 Å². The Balaban J connectivity index is 1.85. The van der Waals surface area contributed by atoms with Gasteiger partial charge in [-0.25, -0.2) is 32.2 Å². The minimum Gasteiger partial charge on any atom is -0.480 e. The molecule has 0 unspecified atom stereocenters. The van der Waals surface area contributed by atoms with E-state index in [1.54, 1.807) is 0 Å². The number of nitrogens with one attached hydrogen (secondary N) is 1. The number of nitrogens with two attached hydrogens (primary N) is 1. The van der Waals surface area contributed by atoms with E-state index < -0.39 is 43.5 Å². The molecule has 3 aromatic heterocycles. The predicted octanol–water partition coefficient (Wildman–Crippen LogP) is 2.50. The van der Waals surface area contributed by atoms with E-state index in [4.69, 9.17) is 22.1 Å². The summed E-state index contributed by atoms with van der Waals surface area (Å²) >= 11 is 5.82. The average molecular weight is 495 g/mol. The monoisotopic (exact) mass is 494 g/mol. The number of rotatable bonds is 5. The zero-order valence-electron chi connectivity index (χ0n) is 16.6. The first-order valence-corrected chi connectivity index (χ1v) is 10.8. The maximum absolute atomic E-state index is 15.3. The normalized spacial score (nSPS) is 11.5. The highest BCUT2D eigenvalue weighted by atomic mass is 35.5. The van der Waals surface area contributed by atoms with Crippen LogP contribution in [0.2, 0.25) is 5.02 Å². The first-order valence-electron chi connectivity index (χ1n) is 8.97. The number of ether oxygens (including phenoxy) is 1. The van der Waals surface area contributed by atoms with Gasteiger partial charge >= 0.3 is 0 Å². The lowest BCUT2D eigenvalue weighted by Gasteiger charge is -2.15. The summed E-state index contributed by atoms with van der Waals surface area (Å²) in [5, 5.41) is -0.0618. The number of hydrogen-bond donors (Lipinski definition) is 2. The lowest BCUT2D eigenvalue weighted by Crippen LogP contribution is -2.22. The van der Waals surface area contributed by atoms with E-state index >= 15 is 4.39 Å². The lowest BCUT2D eigenvalue weighted by atomic mass is 10.2. The molecule has 33 heavy (non-hydrogen) atoms. The molecule has 0 saturated carbocycles. The van der Waals surface area contributed by atoms with Crippen molar-refractivity contribution in [3.63, 3.8) is 0 Å². The minimum absolute atomic E-state index is 0.0120. The van der Waals surface area contributed by atoms with Gasteiger partial charge in [0.05, 0.1) is 28.7 Å². The van der Waals surface area contributed by atoms with Crippen LogP contribution in [0.4, 0.5) is 20.4 Å². The van der Waals surface area contributed by atoms with E-state index in [0.717, 1.165) is 30.6 Å². The molecule has 0 spiro atoms. The maximum atomic E-state index is 15.3. The summed E-state index contributed by atoms with van der Waals surface area (Å²) in [6, 6.07) is 4.04. The van der Waals surface area contributed by atoms with Crippen LogP contribution in [0, 0.1) is 11.6 Å². The Labute approximate surface area is 189 Å². The Morgan fingerprint density at radius 1 is 1.18 bits per heavy atom. The topological polar surface area (TPSA) is 142 Å². The Kier molecular flexibility index (Phi) is 5.59. The van der Waals surface area contributed by atoms with Gasteiger partial charge in [0.15, 0.2) is 10.7 Å². The van der Waals surface area contributed by atoms with Crippen molar-refractivity contribution in [2.75, 3.05) is 17.6 Å². The van der Waals surface area contributed by atoms with Crippen LogP contribution in [-0.2, 0) is 10.0 Å². The van der Waals surface area contributed by atoms with Crippen molar-refractivity contribution in [1.82, 2.24) is 19.5 Å². The molecule has 0 bridgehead atoms. The van der Waals surface area contributed by atoms with Crippen molar-refractivity contribution in [2.24, 2.45) is 0 Å². The molecule has 0 saturated heterocycles. The van der Waals surface area contributed by atoms with Crippen molar-refractivity contribution in [3.8, 4) is 11.6 Å². The van der Waals surface area contributed by atoms with E-state index in [-0.39, 0.29) is 27.8 Å². The summed E-state index contributed by atoms with van der Waals surface area (Å²) < 4.78 is 63.2. The van der Waals surface area contributed by atoms with Crippen molar-refractivity contribution < 1.29 is 21.9 Å². The molecule has 0 aliphatic rings. The molecule has 170 valence electrons. The Morgan fingerprint density at radius 2 is 1.94 bits per heavy atom. The number of benzene rings is 1. The van der Waals surface area contributed by atoms with Gasteiger partial charge in [-0.05, 0) is 24.3 Å². The molecule has 4 aromatic rings. The first kappa shape index (κ1) is 22.4. The number of anilines is 2. The van der Waals surface area contributed by atoms with E-state index in [1.165, 1.54) is 19.4 Å². The predicted molar refractivity (Wildman–Crippen MR) is 116 cm³/mol. The molecule has 0 radical (unpaired) electrons. The summed E-state index contributed by atoms with van der Waals surface area (Å²) in [5.74, 6) is -2.83. The summed E-state index contributed by atoms with van der Waals surface area (Å²) in [6.45, 7) is 0. The fourth-order valence-corrected chi connectivity index (χ4v) is 4.44. The van der Waals surface area contributed by atoms with Gasteiger partial charge in [-0.3, -0.25) is 14.1 Å². The van der Waals surface area contributed by atoms with Gasteiger partial charge in [-0.15, -0.1) is 0 Å². The Morgan fingerprint density at radius 3 is 2.67 bits per heavy atom. The first-order chi connectivity index (χ1) is 15.6. The highest BCUT2D eigenvalue weighted by Crippen LogP contribution is 2.30. The number of sulfonamides is 1. The largest absolute Gasteiger partial charge is 0.480 e. The van der Waals surface area contributed by atoms with Gasteiger partial charge in [0.25, 0.3) is 15.6 Å². The van der Waals surface area contributed by atoms with Gasteiger partial charge in [-0.1, -0.05) is 11.6 Å². The van der Waals surface area contributed by atoms with Crippen molar-refractivity contribution >= 4 is 44.2 Å². The molecule has 0 atom stereocenters. The smallest absolute Gasteiger partial charge is 0.267 e. The Hall–Kier alpha value is -3.84. The highest BCUT2D eigenvalue weighted by molar-refractivity contribution is 7.92. The number of hydrogen-bond acceptors (Lipinski definition) is 8. The van der Waals surface area contributed by atoms with Gasteiger partial charge in [0, 0.05) is 18.6 Å². The van der Waals surface area contributed by atoms with Crippen molar-refractivity contribution in [2.45, 2.75) is 4.90 Å². The number of halogens is 3. The molecule has 3 N–H and O–H groups in total. The van der Waals surface area contributed by atoms with E-state index in [9.17, 15) is 17.6 Å². The SMILES string of the molecule is COc1ncc(Cl)cc1S(=O)(=O)Nc1ccc(F)c(-n2ccc3nc(N)ncc3c2=O)c1F. The molecule has 0 aliphatic heterocycles. The van der Waals surface area contributed by atoms with Crippen LogP contribution in [-0.4, -0.2) is 35.0 Å². The zero-order valence-corrected chi connectivity index (χ0v) is 18.2. The summed E-state index contributed by atoms with van der Waals surface area (Å²) in [5.41, 5.74) is 3.38. The molecule has 0 fully saturated rings. The second-order valence-corrected chi connectivity index (χ2v) is 8.63. The van der Waals surface area contributed by atoms with Gasteiger partial charge in [0.1, 0.15) is 11.5 Å². The van der Waals surface area contributed by atoms with Crippen LogP contribution in [0.25, 0.3) is 16.6 Å². The quantitative estimate of drug-likeness (QED) is 0.431. The van der Waals surface area contributed by atoms with Crippen molar-refractivity contribution in [3.05, 3.63) is 69.9 Å². The number of nitrogen functional groups attached to an aromatic ring is 1. The third kappa shape index (κ3) is 4.03. The summed E-state index contributed by atoms with van der Waals surface area (Å²) in [4.78, 5) is 23.7. The van der Waals surface area contributed by atoms with E-state index in [2.05, 4.69) is 15.0 Å². The third-order valence-corrected chi connectivity index (χ3v) is 6.05. The van der Waals surface area contributed by atoms with Crippen molar-refractivity contribution in [1.29, 1.82) is 0 Å². The van der Waals surface area contributed by atoms with Crippen LogP contribution >= 0.6 is 11.6 Å². The molecule has 1 aromatic carbocycles. The molecule has 0 amide bonds. The zero-order chi connectivity index (χ0) is 23.9. The van der Waals surface area contributed by atoms with Crippen LogP contribution in [0.15, 0.2) is 52.5 Å². The number of nitrogens with zero attached hydrogens (tertiary/aromatic N) is 4. The molecule has 0 aliphatic carbocycles. The number of pyridine rings is 2. The van der Waals surface area contributed by atoms with Crippen LogP contribution < -0.4 is 20.8 Å². The van der Waals surface area contributed by atoms with E-state index in [1.807, 2.05) is 4.72 Å². The Bertz CT molecular complexity index is 1580. The van der Waals surface area contributed by atoms with E-state index in [0.29, 0.717) is 4.57 Å². The number of aromatic nitrogens is 4. The minimum atomic E-state index is -4.47. The molecule has 10 nitrogen and oxygen atoms in total. The number of fused-ring (bicyclic) bond motifs is 1. The standard InChI is InChI=1S/C19H13ClF2N6O4S/c1-32-17-14(6-9(20)7-24-17)33(30,31)27-13-3-2-11(21)16(15(13)22)28-5-4-12-10(18(28)29)8-25-19(23)26-12/h2-8,27H,1H3,(H2,23,25,26). The molecular weight excluding hydrogens is 482 g/mol. The highest BCUT2D eigenvalue weighted by Gasteiger charge is 2.25. The molecule has 4 rings (SSSR count). The second kappa shape index (κ2) is 8.26. The fraction of sp³-hybridized carbons (Fsp3) is 0.0526. The maximum Gasteiger partial charge on any atom is 0.267 e. The molecule has 14 heteroatoms. The number of methoxy groups -OCH3 is 1. The third-order valence-electron chi connectivity index (χ3n) is 4.49. The molecular formula is C19H13ClF2N6O4S. The van der Waals surface area contributed by atoms with Crippen LogP contribution in [0.3, 0.4) is 0 Å².